The van der Waals surface area contributed by atoms with E-state index in [9.17, 15) is 9.59 Å². The van der Waals surface area contributed by atoms with Crippen LogP contribution in [0.15, 0.2) is 60.2 Å². The Morgan fingerprint density at radius 1 is 1.00 bits per heavy atom. The summed E-state index contributed by atoms with van der Waals surface area (Å²) in [5.74, 6) is 0.645. The molecule has 1 fully saturated rings. The molecule has 0 aromatic heterocycles. The first-order valence-corrected chi connectivity index (χ1v) is 8.53. The van der Waals surface area contributed by atoms with Crippen molar-refractivity contribution in [3.8, 4) is 0 Å². The Hall–Kier alpha value is -2.48. The normalized spacial score (nSPS) is 18.7. The van der Waals surface area contributed by atoms with Crippen molar-refractivity contribution in [3.63, 3.8) is 0 Å². The smallest absolute Gasteiger partial charge is 0.163 e. The van der Waals surface area contributed by atoms with Crippen molar-refractivity contribution in [2.75, 3.05) is 0 Å². The van der Waals surface area contributed by atoms with Crippen molar-refractivity contribution < 1.29 is 9.59 Å². The Morgan fingerprint density at radius 3 is 2.38 bits per heavy atom. The van der Waals surface area contributed by atoms with Gasteiger partial charge in [0.25, 0.3) is 0 Å². The van der Waals surface area contributed by atoms with Gasteiger partial charge in [-0.1, -0.05) is 66.2 Å². The van der Waals surface area contributed by atoms with Gasteiger partial charge in [-0.2, -0.15) is 0 Å². The molecule has 1 aliphatic rings. The molecule has 2 heteroatoms. The Labute approximate surface area is 143 Å². The maximum absolute atomic E-state index is 12.5. The SMILES string of the molecule is CC(=O)c1ccc(/C=C2\CCCC2CC(=O)c2ccccc2)cc1. The van der Waals surface area contributed by atoms with Crippen LogP contribution in [-0.4, -0.2) is 11.6 Å². The third-order valence-electron chi connectivity index (χ3n) is 4.74. The lowest BCUT2D eigenvalue weighted by Crippen LogP contribution is -2.07. The second-order valence-corrected chi connectivity index (χ2v) is 6.48. The summed E-state index contributed by atoms with van der Waals surface area (Å²) >= 11 is 0. The summed E-state index contributed by atoms with van der Waals surface area (Å²) in [7, 11) is 0. The second kappa shape index (κ2) is 7.39. The predicted molar refractivity (Wildman–Crippen MR) is 97.2 cm³/mol. The first-order valence-electron chi connectivity index (χ1n) is 8.53. The molecule has 0 spiro atoms. The van der Waals surface area contributed by atoms with Gasteiger partial charge < -0.3 is 0 Å². The van der Waals surface area contributed by atoms with Crippen LogP contribution in [-0.2, 0) is 0 Å². The van der Waals surface area contributed by atoms with E-state index in [4.69, 9.17) is 0 Å². The van der Waals surface area contributed by atoms with Crippen LogP contribution in [0.5, 0.6) is 0 Å². The lowest BCUT2D eigenvalue weighted by Gasteiger charge is -2.12. The van der Waals surface area contributed by atoms with Crippen molar-refractivity contribution in [1.82, 2.24) is 0 Å². The maximum Gasteiger partial charge on any atom is 0.163 e. The molecule has 2 aromatic rings. The van der Waals surface area contributed by atoms with Gasteiger partial charge in [0, 0.05) is 17.5 Å². The number of Topliss-reactive ketones (excluding diaryl/α,β-unsaturated/α-hetero) is 2. The quantitative estimate of drug-likeness (QED) is 0.697. The Bertz CT molecular complexity index is 754. The molecule has 1 aliphatic carbocycles. The van der Waals surface area contributed by atoms with E-state index in [0.717, 1.165) is 36.0 Å². The number of benzene rings is 2. The minimum Gasteiger partial charge on any atom is -0.295 e. The predicted octanol–water partition coefficient (Wildman–Crippen LogP) is 5.35. The fourth-order valence-corrected chi connectivity index (χ4v) is 3.36. The van der Waals surface area contributed by atoms with E-state index in [1.54, 1.807) is 6.92 Å². The van der Waals surface area contributed by atoms with E-state index in [-0.39, 0.29) is 11.6 Å². The summed E-state index contributed by atoms with van der Waals surface area (Å²) in [4.78, 5) is 23.8. The summed E-state index contributed by atoms with van der Waals surface area (Å²) < 4.78 is 0. The van der Waals surface area contributed by atoms with Crippen LogP contribution in [0.25, 0.3) is 6.08 Å². The minimum atomic E-state index is 0.0846. The molecule has 1 unspecified atom stereocenters. The highest BCUT2D eigenvalue weighted by Crippen LogP contribution is 2.35. The molecule has 3 rings (SSSR count). The topological polar surface area (TPSA) is 34.1 Å². The molecular weight excluding hydrogens is 296 g/mol. The summed E-state index contributed by atoms with van der Waals surface area (Å²) in [5, 5.41) is 0. The number of carbonyl (C=O) groups is 2. The van der Waals surface area contributed by atoms with Gasteiger partial charge in [0.2, 0.25) is 0 Å². The van der Waals surface area contributed by atoms with E-state index in [0.29, 0.717) is 12.3 Å². The summed E-state index contributed by atoms with van der Waals surface area (Å²) in [6.45, 7) is 1.58. The largest absolute Gasteiger partial charge is 0.295 e. The van der Waals surface area contributed by atoms with E-state index < -0.39 is 0 Å². The van der Waals surface area contributed by atoms with Crippen molar-refractivity contribution in [3.05, 3.63) is 76.9 Å². The Balaban J connectivity index is 1.73. The molecule has 122 valence electrons. The number of ketones is 2. The molecule has 0 amide bonds. The van der Waals surface area contributed by atoms with Gasteiger partial charge in [0.1, 0.15) is 0 Å². The van der Waals surface area contributed by atoms with Crippen LogP contribution in [0, 0.1) is 5.92 Å². The molecule has 2 aromatic carbocycles. The fraction of sp³-hybridized carbons (Fsp3) is 0.273. The Morgan fingerprint density at radius 2 is 1.71 bits per heavy atom. The van der Waals surface area contributed by atoms with Crippen molar-refractivity contribution in [2.45, 2.75) is 32.6 Å². The zero-order chi connectivity index (χ0) is 16.9. The third kappa shape index (κ3) is 3.88. The number of hydrogen-bond acceptors (Lipinski definition) is 2. The van der Waals surface area contributed by atoms with Gasteiger partial charge in [0.15, 0.2) is 11.6 Å². The van der Waals surface area contributed by atoms with Crippen LogP contribution >= 0.6 is 0 Å². The molecule has 0 bridgehead atoms. The monoisotopic (exact) mass is 318 g/mol. The summed E-state index contributed by atoms with van der Waals surface area (Å²) in [6.07, 6.45) is 6.06. The molecular formula is C22H22O2. The summed E-state index contributed by atoms with van der Waals surface area (Å²) in [6, 6.07) is 17.2. The van der Waals surface area contributed by atoms with Crippen molar-refractivity contribution >= 4 is 17.6 Å². The average Bonchev–Trinajstić information content (AvgIpc) is 3.03. The minimum absolute atomic E-state index is 0.0846. The van der Waals surface area contributed by atoms with Crippen LogP contribution in [0.4, 0.5) is 0 Å². The molecule has 2 nitrogen and oxygen atoms in total. The second-order valence-electron chi connectivity index (χ2n) is 6.48. The highest BCUT2D eigenvalue weighted by Gasteiger charge is 2.23. The van der Waals surface area contributed by atoms with Gasteiger partial charge >= 0.3 is 0 Å². The maximum atomic E-state index is 12.5. The number of allylic oxidation sites excluding steroid dienone is 1. The molecule has 0 aliphatic heterocycles. The lowest BCUT2D eigenvalue weighted by atomic mass is 9.92. The van der Waals surface area contributed by atoms with Crippen LogP contribution in [0.1, 0.15) is 58.9 Å². The molecule has 24 heavy (non-hydrogen) atoms. The van der Waals surface area contributed by atoms with E-state index >= 15 is 0 Å². The third-order valence-corrected chi connectivity index (χ3v) is 4.74. The van der Waals surface area contributed by atoms with Gasteiger partial charge in [-0.05, 0) is 37.7 Å². The molecule has 0 radical (unpaired) electrons. The zero-order valence-electron chi connectivity index (χ0n) is 14.0. The molecule has 0 heterocycles. The summed E-state index contributed by atoms with van der Waals surface area (Å²) in [5.41, 5.74) is 4.00. The van der Waals surface area contributed by atoms with E-state index in [1.807, 2.05) is 54.6 Å². The molecule has 1 atom stereocenters. The zero-order valence-corrected chi connectivity index (χ0v) is 14.0. The van der Waals surface area contributed by atoms with E-state index in [2.05, 4.69) is 6.08 Å². The number of carbonyl (C=O) groups excluding carboxylic acids is 2. The van der Waals surface area contributed by atoms with Crippen molar-refractivity contribution in [1.29, 1.82) is 0 Å². The van der Waals surface area contributed by atoms with Crippen LogP contribution < -0.4 is 0 Å². The Kier molecular flexibility index (Phi) is 5.05. The highest BCUT2D eigenvalue weighted by atomic mass is 16.1. The number of hydrogen-bond donors (Lipinski definition) is 0. The first kappa shape index (κ1) is 16.4. The van der Waals surface area contributed by atoms with Gasteiger partial charge in [-0.3, -0.25) is 9.59 Å². The van der Waals surface area contributed by atoms with Crippen molar-refractivity contribution in [2.24, 2.45) is 5.92 Å². The van der Waals surface area contributed by atoms with Gasteiger partial charge in [-0.25, -0.2) is 0 Å². The van der Waals surface area contributed by atoms with Gasteiger partial charge in [-0.15, -0.1) is 0 Å². The molecule has 0 N–H and O–H groups in total. The van der Waals surface area contributed by atoms with E-state index in [1.165, 1.54) is 5.57 Å². The first-order chi connectivity index (χ1) is 11.6. The molecule has 0 saturated heterocycles. The van der Waals surface area contributed by atoms with Crippen LogP contribution in [0.2, 0.25) is 0 Å². The number of rotatable bonds is 5. The highest BCUT2D eigenvalue weighted by molar-refractivity contribution is 5.96. The fourth-order valence-electron chi connectivity index (χ4n) is 3.36. The molecule has 1 saturated carbocycles. The van der Waals surface area contributed by atoms with Crippen LogP contribution in [0.3, 0.4) is 0 Å². The average molecular weight is 318 g/mol. The lowest BCUT2D eigenvalue weighted by molar-refractivity contribution is 0.0967. The standard InChI is InChI=1S/C22H22O2/c1-16(23)18-12-10-17(11-13-18)14-20-8-5-9-21(20)15-22(24)19-6-3-2-4-7-19/h2-4,6-7,10-14,21H,5,8-9,15H2,1H3/b20-14+. The van der Waals surface area contributed by atoms with Gasteiger partial charge in [0.05, 0.1) is 0 Å².